The summed E-state index contributed by atoms with van der Waals surface area (Å²) in [5.41, 5.74) is 5.40. The maximum absolute atomic E-state index is 12.3. The molecule has 1 amide bonds. The van der Waals surface area contributed by atoms with Gasteiger partial charge in [-0.05, 0) is 12.1 Å². The zero-order chi connectivity index (χ0) is 14.0. The number of piperazine rings is 1. The van der Waals surface area contributed by atoms with E-state index in [-0.39, 0.29) is 32.0 Å². The maximum Gasteiger partial charge on any atom is 0.471 e. The molecule has 9 heteroatoms. The number of hydrogen-bond acceptors (Lipinski definition) is 5. The Kier molecular flexibility index (Phi) is 3.45. The van der Waals surface area contributed by atoms with E-state index in [0.29, 0.717) is 5.82 Å². The van der Waals surface area contributed by atoms with Crippen molar-refractivity contribution < 1.29 is 18.0 Å². The van der Waals surface area contributed by atoms with Crippen LogP contribution in [-0.2, 0) is 4.79 Å². The maximum atomic E-state index is 12.3. The van der Waals surface area contributed by atoms with Crippen LogP contribution >= 0.6 is 0 Å². The Morgan fingerprint density at radius 1 is 1.16 bits per heavy atom. The Labute approximate surface area is 107 Å². The smallest absolute Gasteiger partial charge is 0.382 e. The summed E-state index contributed by atoms with van der Waals surface area (Å²) in [4.78, 5) is 13.6. The Hall–Kier alpha value is -2.06. The minimum absolute atomic E-state index is 0.00436. The Morgan fingerprint density at radius 3 is 2.26 bits per heavy atom. The van der Waals surface area contributed by atoms with Crippen LogP contribution in [-0.4, -0.2) is 53.4 Å². The summed E-state index contributed by atoms with van der Waals surface area (Å²) >= 11 is 0. The third kappa shape index (κ3) is 3.04. The molecule has 1 aromatic rings. The predicted octanol–water partition coefficient (Wildman–Crippen LogP) is 0.270. The number of rotatable bonds is 1. The molecule has 104 valence electrons. The van der Waals surface area contributed by atoms with Gasteiger partial charge in [-0.2, -0.15) is 13.2 Å². The molecule has 0 unspecified atom stereocenters. The Bertz CT molecular complexity index is 453. The summed E-state index contributed by atoms with van der Waals surface area (Å²) in [5.74, 6) is -0.988. The van der Waals surface area contributed by atoms with Crippen LogP contribution in [0.5, 0.6) is 0 Å². The second-order valence-electron chi connectivity index (χ2n) is 4.09. The zero-order valence-electron chi connectivity index (χ0n) is 9.89. The molecule has 1 aliphatic heterocycles. The number of halogens is 3. The molecule has 2 heterocycles. The third-order valence-corrected chi connectivity index (χ3v) is 2.80. The first-order valence-electron chi connectivity index (χ1n) is 5.58. The van der Waals surface area contributed by atoms with Crippen molar-refractivity contribution in [3.8, 4) is 0 Å². The van der Waals surface area contributed by atoms with Gasteiger partial charge in [0.1, 0.15) is 5.82 Å². The van der Waals surface area contributed by atoms with Gasteiger partial charge in [-0.25, -0.2) is 0 Å². The Balaban J connectivity index is 1.96. The van der Waals surface area contributed by atoms with E-state index < -0.39 is 12.1 Å². The summed E-state index contributed by atoms with van der Waals surface area (Å²) in [6.45, 7) is 0.565. The molecule has 2 N–H and O–H groups in total. The molecule has 1 aromatic heterocycles. The van der Waals surface area contributed by atoms with E-state index in [4.69, 9.17) is 5.73 Å². The lowest BCUT2D eigenvalue weighted by Gasteiger charge is -2.35. The highest BCUT2D eigenvalue weighted by atomic mass is 19.4. The van der Waals surface area contributed by atoms with Crippen molar-refractivity contribution in [2.75, 3.05) is 36.8 Å². The van der Waals surface area contributed by atoms with Crippen LogP contribution in [0.2, 0.25) is 0 Å². The Morgan fingerprint density at radius 2 is 1.79 bits per heavy atom. The number of nitrogen functional groups attached to an aromatic ring is 1. The average molecular weight is 275 g/mol. The van der Waals surface area contributed by atoms with E-state index in [1.165, 1.54) is 0 Å². The van der Waals surface area contributed by atoms with Gasteiger partial charge in [0.25, 0.3) is 0 Å². The van der Waals surface area contributed by atoms with E-state index in [1.807, 2.05) is 0 Å². The van der Waals surface area contributed by atoms with Crippen LogP contribution in [0.3, 0.4) is 0 Å². The lowest BCUT2D eigenvalue weighted by molar-refractivity contribution is -0.185. The summed E-state index contributed by atoms with van der Waals surface area (Å²) in [7, 11) is 0. The molecule has 0 saturated carbocycles. The molecule has 1 fully saturated rings. The largest absolute Gasteiger partial charge is 0.471 e. The SMILES string of the molecule is Nc1ccc(N2CCN(C(=O)C(F)(F)F)CC2)nn1. The number of alkyl halides is 3. The molecule has 19 heavy (non-hydrogen) atoms. The van der Waals surface area contributed by atoms with Gasteiger partial charge in [-0.1, -0.05) is 0 Å². The summed E-state index contributed by atoms with van der Waals surface area (Å²) in [6, 6.07) is 3.21. The average Bonchev–Trinajstić information content (AvgIpc) is 2.38. The first-order chi connectivity index (χ1) is 8.88. The van der Waals surface area contributed by atoms with Crippen molar-refractivity contribution in [2.45, 2.75) is 6.18 Å². The van der Waals surface area contributed by atoms with Gasteiger partial charge in [0.05, 0.1) is 0 Å². The van der Waals surface area contributed by atoms with Crippen molar-refractivity contribution in [3.05, 3.63) is 12.1 Å². The number of carbonyl (C=O) groups excluding carboxylic acids is 1. The summed E-state index contributed by atoms with van der Waals surface area (Å²) < 4.78 is 36.8. The first-order valence-corrected chi connectivity index (χ1v) is 5.58. The fourth-order valence-electron chi connectivity index (χ4n) is 1.82. The molecule has 0 spiro atoms. The van der Waals surface area contributed by atoms with E-state index in [1.54, 1.807) is 17.0 Å². The number of anilines is 2. The van der Waals surface area contributed by atoms with Crippen LogP contribution in [0.4, 0.5) is 24.8 Å². The lowest BCUT2D eigenvalue weighted by atomic mass is 10.3. The number of hydrogen-bond donors (Lipinski definition) is 1. The van der Waals surface area contributed by atoms with Gasteiger partial charge in [0, 0.05) is 26.2 Å². The minimum Gasteiger partial charge on any atom is -0.382 e. The highest BCUT2D eigenvalue weighted by molar-refractivity contribution is 5.82. The van der Waals surface area contributed by atoms with Crippen molar-refractivity contribution in [1.29, 1.82) is 0 Å². The quantitative estimate of drug-likeness (QED) is 0.796. The van der Waals surface area contributed by atoms with Gasteiger partial charge in [-0.3, -0.25) is 4.79 Å². The molecule has 0 aliphatic carbocycles. The van der Waals surface area contributed by atoms with Crippen LogP contribution in [0.15, 0.2) is 12.1 Å². The number of nitrogens with two attached hydrogens (primary N) is 1. The fourth-order valence-corrected chi connectivity index (χ4v) is 1.82. The van der Waals surface area contributed by atoms with E-state index in [0.717, 1.165) is 4.90 Å². The fraction of sp³-hybridized carbons (Fsp3) is 0.500. The van der Waals surface area contributed by atoms with Crippen molar-refractivity contribution >= 4 is 17.5 Å². The summed E-state index contributed by atoms with van der Waals surface area (Å²) in [6.07, 6.45) is -4.82. The third-order valence-electron chi connectivity index (χ3n) is 2.80. The molecule has 0 atom stereocenters. The predicted molar refractivity (Wildman–Crippen MR) is 61.3 cm³/mol. The van der Waals surface area contributed by atoms with Crippen LogP contribution in [0, 0.1) is 0 Å². The monoisotopic (exact) mass is 275 g/mol. The normalized spacial score (nSPS) is 16.6. The van der Waals surface area contributed by atoms with Gasteiger partial charge in [0.2, 0.25) is 0 Å². The van der Waals surface area contributed by atoms with Gasteiger partial charge in [-0.15, -0.1) is 10.2 Å². The van der Waals surface area contributed by atoms with Gasteiger partial charge < -0.3 is 15.5 Å². The van der Waals surface area contributed by atoms with Crippen molar-refractivity contribution in [2.24, 2.45) is 0 Å². The van der Waals surface area contributed by atoms with Gasteiger partial charge in [0.15, 0.2) is 5.82 Å². The van der Waals surface area contributed by atoms with Gasteiger partial charge >= 0.3 is 12.1 Å². The second-order valence-corrected chi connectivity index (χ2v) is 4.09. The molecule has 1 aliphatic rings. The summed E-state index contributed by atoms with van der Waals surface area (Å²) in [5, 5.41) is 7.52. The van der Waals surface area contributed by atoms with Crippen LogP contribution < -0.4 is 10.6 Å². The topological polar surface area (TPSA) is 75.3 Å². The van der Waals surface area contributed by atoms with Crippen LogP contribution in [0.1, 0.15) is 0 Å². The molecule has 0 radical (unpaired) electrons. The van der Waals surface area contributed by atoms with E-state index >= 15 is 0 Å². The highest BCUT2D eigenvalue weighted by Gasteiger charge is 2.43. The standard InChI is InChI=1S/C10H12F3N5O/c11-10(12,13)9(19)18-5-3-17(4-6-18)8-2-1-7(14)15-16-8/h1-2H,3-6H2,(H2,14,15). The molecule has 0 bridgehead atoms. The van der Waals surface area contributed by atoms with E-state index in [9.17, 15) is 18.0 Å². The molecular formula is C10H12F3N5O. The number of carbonyl (C=O) groups is 1. The van der Waals surface area contributed by atoms with E-state index in [2.05, 4.69) is 10.2 Å². The van der Waals surface area contributed by atoms with Crippen molar-refractivity contribution in [3.63, 3.8) is 0 Å². The molecule has 6 nitrogen and oxygen atoms in total. The van der Waals surface area contributed by atoms with Crippen LogP contribution in [0.25, 0.3) is 0 Å². The minimum atomic E-state index is -4.82. The number of nitrogens with zero attached hydrogens (tertiary/aromatic N) is 4. The molecule has 2 rings (SSSR count). The highest BCUT2D eigenvalue weighted by Crippen LogP contribution is 2.20. The zero-order valence-corrected chi connectivity index (χ0v) is 9.89. The number of aromatic nitrogens is 2. The lowest BCUT2D eigenvalue weighted by Crippen LogP contribution is -2.52. The molecule has 1 saturated heterocycles. The number of amides is 1. The second kappa shape index (κ2) is 4.90. The van der Waals surface area contributed by atoms with Crippen molar-refractivity contribution in [1.82, 2.24) is 15.1 Å². The first kappa shape index (κ1) is 13.4. The molecule has 0 aromatic carbocycles. The molecular weight excluding hydrogens is 263 g/mol.